The van der Waals surface area contributed by atoms with Gasteiger partial charge in [0.1, 0.15) is 17.5 Å². The fourth-order valence-electron chi connectivity index (χ4n) is 4.61. The molecule has 0 bridgehead atoms. The van der Waals surface area contributed by atoms with Crippen LogP contribution in [0.5, 0.6) is 5.75 Å². The van der Waals surface area contributed by atoms with E-state index in [1.165, 1.54) is 0 Å². The van der Waals surface area contributed by atoms with Crippen molar-refractivity contribution >= 4 is 5.91 Å². The van der Waals surface area contributed by atoms with Crippen LogP contribution in [-0.2, 0) is 6.54 Å². The van der Waals surface area contributed by atoms with Crippen molar-refractivity contribution in [2.75, 3.05) is 0 Å². The maximum atomic E-state index is 13.2. The molecule has 6 heteroatoms. The summed E-state index contributed by atoms with van der Waals surface area (Å²) in [6.45, 7) is 5.59. The minimum absolute atomic E-state index is 0.144. The van der Waals surface area contributed by atoms with E-state index in [-0.39, 0.29) is 5.91 Å². The molecule has 1 amide bonds. The summed E-state index contributed by atoms with van der Waals surface area (Å²) in [7, 11) is 0. The molecular weight excluding hydrogens is 382 g/mol. The van der Waals surface area contributed by atoms with Crippen LogP contribution in [0, 0.1) is 6.92 Å². The Balaban J connectivity index is 1.65. The summed E-state index contributed by atoms with van der Waals surface area (Å²) < 4.78 is 6.04. The lowest BCUT2D eigenvalue weighted by molar-refractivity contribution is -0.0867. The number of benzene rings is 2. The molecule has 3 aromatic carbocycles. The SMILES string of the molecule is Cc1c(-c2ccc3c(c2)[C@H](N2Cc4ccccc4C2=O)[C@@H](O)C(C)(C)O3)c(=O)c1=O. The zero-order valence-electron chi connectivity index (χ0n) is 16.9. The normalized spacial score (nSPS) is 22.0. The first kappa shape index (κ1) is 18.8. The van der Waals surface area contributed by atoms with Crippen LogP contribution in [0.15, 0.2) is 52.1 Å². The number of fused-ring (bicyclic) bond motifs is 2. The molecule has 0 aromatic heterocycles. The number of carbonyl (C=O) groups is 1. The quantitative estimate of drug-likeness (QED) is 0.665. The largest absolute Gasteiger partial charge is 0.485 e. The first-order valence-corrected chi connectivity index (χ1v) is 9.91. The summed E-state index contributed by atoms with van der Waals surface area (Å²) in [5.41, 5.74) is 1.70. The van der Waals surface area contributed by atoms with E-state index < -0.39 is 28.6 Å². The van der Waals surface area contributed by atoms with E-state index >= 15 is 0 Å². The number of aliphatic hydroxyl groups is 1. The molecule has 1 N–H and O–H groups in total. The second kappa shape index (κ2) is 6.12. The number of aliphatic hydroxyl groups excluding tert-OH is 1. The lowest BCUT2D eigenvalue weighted by Crippen LogP contribution is -2.53. The van der Waals surface area contributed by atoms with Crippen molar-refractivity contribution in [2.45, 2.75) is 45.1 Å². The van der Waals surface area contributed by atoms with Crippen molar-refractivity contribution in [3.63, 3.8) is 0 Å². The van der Waals surface area contributed by atoms with Gasteiger partial charge in [-0.3, -0.25) is 14.4 Å². The minimum Gasteiger partial charge on any atom is -0.485 e. The summed E-state index contributed by atoms with van der Waals surface area (Å²) in [6.07, 6.45) is -0.979. The fraction of sp³-hybridized carbons (Fsp3) is 0.292. The van der Waals surface area contributed by atoms with Crippen molar-refractivity contribution < 1.29 is 14.6 Å². The van der Waals surface area contributed by atoms with Crippen molar-refractivity contribution in [3.8, 4) is 16.9 Å². The average molecular weight is 403 g/mol. The standard InChI is InChI=1S/C24H21NO5/c1-12-18(21(27)20(12)26)13-8-9-17-16(10-13)19(22(28)24(2,3)30-17)25-11-14-6-4-5-7-15(14)23(25)29/h4-10,19,22,28H,11H2,1-3H3/t19-,22+/m0/s1. The van der Waals surface area contributed by atoms with Gasteiger partial charge in [-0.05, 0) is 50.1 Å². The van der Waals surface area contributed by atoms with Gasteiger partial charge in [0.15, 0.2) is 0 Å². The highest BCUT2D eigenvalue weighted by Gasteiger charge is 2.48. The van der Waals surface area contributed by atoms with Crippen LogP contribution in [0.2, 0.25) is 0 Å². The Morgan fingerprint density at radius 3 is 2.50 bits per heavy atom. The lowest BCUT2D eigenvalue weighted by Gasteiger charge is -2.45. The molecular formula is C24H21NO5. The molecule has 0 saturated carbocycles. The second-order valence-corrected chi connectivity index (χ2v) is 8.60. The topological polar surface area (TPSA) is 83.9 Å². The van der Waals surface area contributed by atoms with Crippen LogP contribution in [0.4, 0.5) is 0 Å². The molecule has 0 fully saturated rings. The number of rotatable bonds is 2. The molecule has 0 radical (unpaired) electrons. The number of carbonyl (C=O) groups excluding carboxylic acids is 1. The zero-order valence-corrected chi connectivity index (χ0v) is 16.9. The molecule has 0 spiro atoms. The van der Waals surface area contributed by atoms with Crippen molar-refractivity contribution in [1.82, 2.24) is 4.90 Å². The molecule has 0 aliphatic carbocycles. The van der Waals surface area contributed by atoms with Gasteiger partial charge in [0.2, 0.25) is 10.9 Å². The predicted molar refractivity (Wildman–Crippen MR) is 111 cm³/mol. The van der Waals surface area contributed by atoms with Gasteiger partial charge in [0.05, 0.1) is 6.04 Å². The van der Waals surface area contributed by atoms with E-state index in [0.29, 0.717) is 40.1 Å². The number of amides is 1. The van der Waals surface area contributed by atoms with Gasteiger partial charge in [0, 0.05) is 28.8 Å². The average Bonchev–Trinajstić information content (AvgIpc) is 3.05. The smallest absolute Gasteiger partial charge is 0.255 e. The third kappa shape index (κ3) is 2.43. The Bertz CT molecular complexity index is 1280. The van der Waals surface area contributed by atoms with Crippen LogP contribution in [0.25, 0.3) is 11.1 Å². The molecule has 2 atom stereocenters. The van der Waals surface area contributed by atoms with Gasteiger partial charge < -0.3 is 14.7 Å². The van der Waals surface area contributed by atoms with Crippen LogP contribution < -0.4 is 15.6 Å². The van der Waals surface area contributed by atoms with Gasteiger partial charge >= 0.3 is 0 Å². The maximum absolute atomic E-state index is 13.2. The Labute approximate surface area is 173 Å². The molecule has 30 heavy (non-hydrogen) atoms. The number of ether oxygens (including phenoxy) is 1. The summed E-state index contributed by atoms with van der Waals surface area (Å²) in [5, 5.41) is 11.2. The summed E-state index contributed by atoms with van der Waals surface area (Å²) in [4.78, 5) is 38.6. The summed E-state index contributed by atoms with van der Waals surface area (Å²) in [5.74, 6) is 0.410. The molecule has 152 valence electrons. The Kier molecular flexibility index (Phi) is 3.83. The molecule has 2 aliphatic heterocycles. The molecule has 3 aromatic rings. The van der Waals surface area contributed by atoms with Gasteiger partial charge in [-0.1, -0.05) is 24.3 Å². The second-order valence-electron chi connectivity index (χ2n) is 8.60. The fourth-order valence-corrected chi connectivity index (χ4v) is 4.61. The lowest BCUT2D eigenvalue weighted by atomic mass is 9.83. The maximum Gasteiger partial charge on any atom is 0.255 e. The highest BCUT2D eigenvalue weighted by atomic mass is 16.5. The first-order chi connectivity index (χ1) is 14.2. The highest BCUT2D eigenvalue weighted by Crippen LogP contribution is 2.46. The minimum atomic E-state index is -0.979. The van der Waals surface area contributed by atoms with E-state index in [1.54, 1.807) is 49.9 Å². The summed E-state index contributed by atoms with van der Waals surface area (Å²) in [6, 6.07) is 12.0. The molecule has 5 rings (SSSR count). The van der Waals surface area contributed by atoms with Gasteiger partial charge in [0.25, 0.3) is 5.91 Å². The van der Waals surface area contributed by atoms with Crippen molar-refractivity contribution in [1.29, 1.82) is 0 Å². The number of hydrogen-bond acceptors (Lipinski definition) is 5. The summed E-state index contributed by atoms with van der Waals surface area (Å²) >= 11 is 0. The van der Waals surface area contributed by atoms with E-state index in [9.17, 15) is 19.5 Å². The molecule has 6 nitrogen and oxygen atoms in total. The van der Waals surface area contributed by atoms with Gasteiger partial charge in [-0.15, -0.1) is 0 Å². The van der Waals surface area contributed by atoms with E-state index in [1.807, 2.05) is 18.2 Å². The van der Waals surface area contributed by atoms with E-state index in [2.05, 4.69) is 0 Å². The number of hydrogen-bond donors (Lipinski definition) is 1. The molecule has 0 saturated heterocycles. The van der Waals surface area contributed by atoms with Crippen molar-refractivity contribution in [3.05, 3.63) is 85.2 Å². The zero-order chi connectivity index (χ0) is 21.4. The monoisotopic (exact) mass is 403 g/mol. The van der Waals surface area contributed by atoms with Crippen molar-refractivity contribution in [2.24, 2.45) is 0 Å². The molecule has 2 aliphatic rings. The Morgan fingerprint density at radius 2 is 1.80 bits per heavy atom. The molecule has 0 unspecified atom stereocenters. The Morgan fingerprint density at radius 1 is 1.07 bits per heavy atom. The van der Waals surface area contributed by atoms with Crippen LogP contribution >= 0.6 is 0 Å². The highest BCUT2D eigenvalue weighted by molar-refractivity contribution is 5.98. The number of nitrogens with zero attached hydrogens (tertiary/aromatic N) is 1. The van der Waals surface area contributed by atoms with E-state index in [4.69, 9.17) is 4.74 Å². The van der Waals surface area contributed by atoms with Crippen LogP contribution in [0.3, 0.4) is 0 Å². The van der Waals surface area contributed by atoms with Gasteiger partial charge in [-0.2, -0.15) is 0 Å². The first-order valence-electron chi connectivity index (χ1n) is 9.91. The third-order valence-corrected chi connectivity index (χ3v) is 6.34. The third-order valence-electron chi connectivity index (χ3n) is 6.34. The van der Waals surface area contributed by atoms with Gasteiger partial charge in [-0.25, -0.2) is 0 Å². The Hall–Kier alpha value is -3.25. The van der Waals surface area contributed by atoms with E-state index in [0.717, 1.165) is 5.56 Å². The predicted octanol–water partition coefficient (Wildman–Crippen LogP) is 2.49. The van der Waals surface area contributed by atoms with Crippen LogP contribution in [-0.4, -0.2) is 27.6 Å². The van der Waals surface area contributed by atoms with Crippen LogP contribution in [0.1, 0.15) is 46.9 Å². The molecule has 2 heterocycles.